The molecule has 4 heteroatoms. The Kier molecular flexibility index (Phi) is 3.10. The summed E-state index contributed by atoms with van der Waals surface area (Å²) in [6.07, 6.45) is 2.31. The van der Waals surface area contributed by atoms with Crippen LogP contribution in [0, 0.1) is 0 Å². The quantitative estimate of drug-likeness (QED) is 0.844. The highest BCUT2D eigenvalue weighted by Crippen LogP contribution is 2.28. The fraction of sp³-hybridized carbons (Fsp3) is 0.250. The molecule has 1 aromatic carbocycles. The molecule has 1 atom stereocenters. The maximum absolute atomic E-state index is 10.8. The lowest BCUT2D eigenvalue weighted by Gasteiger charge is -2.21. The average molecular weight is 220 g/mol. The van der Waals surface area contributed by atoms with Crippen molar-refractivity contribution in [2.75, 3.05) is 0 Å². The van der Waals surface area contributed by atoms with Crippen LogP contribution in [0.15, 0.2) is 42.9 Å². The summed E-state index contributed by atoms with van der Waals surface area (Å²) in [7, 11) is 0. The first-order valence-electron chi connectivity index (χ1n) is 5.00. The molecule has 0 aliphatic carbocycles. The van der Waals surface area contributed by atoms with Gasteiger partial charge in [-0.25, -0.2) is 0 Å². The van der Waals surface area contributed by atoms with Gasteiger partial charge in [-0.05, 0) is 5.56 Å². The molecule has 1 unspecified atom stereocenters. The zero-order valence-electron chi connectivity index (χ0n) is 8.58. The summed E-state index contributed by atoms with van der Waals surface area (Å²) in [6.45, 7) is 0. The molecule has 1 N–H and O–H groups in total. The summed E-state index contributed by atoms with van der Waals surface area (Å²) in [4.78, 5) is 10.8. The third-order valence-corrected chi connectivity index (χ3v) is 2.43. The van der Waals surface area contributed by atoms with Gasteiger partial charge >= 0.3 is 5.97 Å². The standard InChI is InChI=1S/C12H12O4/c13-11(14)8-10(12-15-6-7-16-12)9-4-2-1-3-5-9/h1-7,10,12H,8H2,(H,13,14). The third kappa shape index (κ3) is 2.34. The van der Waals surface area contributed by atoms with Crippen LogP contribution in [0.2, 0.25) is 0 Å². The van der Waals surface area contributed by atoms with Crippen molar-refractivity contribution < 1.29 is 19.4 Å². The van der Waals surface area contributed by atoms with E-state index < -0.39 is 12.3 Å². The van der Waals surface area contributed by atoms with Crippen molar-refractivity contribution in [2.45, 2.75) is 18.6 Å². The minimum atomic E-state index is -0.868. The van der Waals surface area contributed by atoms with Gasteiger partial charge in [0.15, 0.2) is 0 Å². The smallest absolute Gasteiger partial charge is 0.304 e. The van der Waals surface area contributed by atoms with E-state index in [1.807, 2.05) is 30.3 Å². The van der Waals surface area contributed by atoms with Gasteiger partial charge < -0.3 is 14.6 Å². The van der Waals surface area contributed by atoms with Gasteiger partial charge in [-0.3, -0.25) is 4.79 Å². The first-order chi connectivity index (χ1) is 7.77. The molecule has 1 aromatic rings. The maximum atomic E-state index is 10.8. The van der Waals surface area contributed by atoms with Gasteiger partial charge in [0.2, 0.25) is 6.29 Å². The fourth-order valence-corrected chi connectivity index (χ4v) is 1.70. The van der Waals surface area contributed by atoms with E-state index in [-0.39, 0.29) is 12.3 Å². The van der Waals surface area contributed by atoms with Crippen LogP contribution < -0.4 is 0 Å². The van der Waals surface area contributed by atoms with Crippen LogP contribution in [0.4, 0.5) is 0 Å². The van der Waals surface area contributed by atoms with Crippen molar-refractivity contribution in [1.29, 1.82) is 0 Å². The largest absolute Gasteiger partial charge is 0.481 e. The average Bonchev–Trinajstić information content (AvgIpc) is 2.80. The zero-order chi connectivity index (χ0) is 11.4. The predicted molar refractivity (Wildman–Crippen MR) is 56.5 cm³/mol. The summed E-state index contributed by atoms with van der Waals surface area (Å²) in [5, 5.41) is 8.87. The second-order valence-corrected chi connectivity index (χ2v) is 3.53. The monoisotopic (exact) mass is 220 g/mol. The number of carboxylic acid groups (broad SMARTS) is 1. The number of carbonyl (C=O) groups is 1. The molecule has 0 amide bonds. The van der Waals surface area contributed by atoms with Crippen molar-refractivity contribution in [3.8, 4) is 0 Å². The van der Waals surface area contributed by atoms with E-state index in [2.05, 4.69) is 0 Å². The second kappa shape index (κ2) is 4.70. The number of ether oxygens (including phenoxy) is 2. The summed E-state index contributed by atoms with van der Waals surface area (Å²) in [5.41, 5.74) is 0.901. The fourth-order valence-electron chi connectivity index (χ4n) is 1.70. The summed E-state index contributed by atoms with van der Waals surface area (Å²) < 4.78 is 10.4. The van der Waals surface area contributed by atoms with Gasteiger partial charge in [0, 0.05) is 0 Å². The molecular weight excluding hydrogens is 208 g/mol. The molecule has 0 aromatic heterocycles. The van der Waals surface area contributed by atoms with Crippen LogP contribution in [0.3, 0.4) is 0 Å². The Morgan fingerprint density at radius 2 is 1.88 bits per heavy atom. The summed E-state index contributed by atoms with van der Waals surface area (Å²) in [6, 6.07) is 9.37. The zero-order valence-corrected chi connectivity index (χ0v) is 8.58. The highest BCUT2D eigenvalue weighted by molar-refractivity contribution is 5.68. The van der Waals surface area contributed by atoms with Crippen LogP contribution in [0.25, 0.3) is 0 Å². The van der Waals surface area contributed by atoms with Crippen LogP contribution in [0.5, 0.6) is 0 Å². The number of carboxylic acids is 1. The molecule has 16 heavy (non-hydrogen) atoms. The molecule has 0 saturated heterocycles. The molecule has 0 bridgehead atoms. The van der Waals surface area contributed by atoms with E-state index in [9.17, 15) is 4.79 Å². The van der Waals surface area contributed by atoms with E-state index in [0.29, 0.717) is 0 Å². The molecule has 1 heterocycles. The lowest BCUT2D eigenvalue weighted by Crippen LogP contribution is -2.22. The predicted octanol–water partition coefficient (Wildman–Crippen LogP) is 2.09. The normalized spacial score (nSPS) is 16.5. The van der Waals surface area contributed by atoms with Crippen molar-refractivity contribution in [2.24, 2.45) is 0 Å². The Hall–Kier alpha value is -1.97. The number of hydrogen-bond acceptors (Lipinski definition) is 3. The van der Waals surface area contributed by atoms with Gasteiger partial charge in [-0.2, -0.15) is 0 Å². The molecule has 0 saturated carbocycles. The molecular formula is C12H12O4. The number of aliphatic carboxylic acids is 1. The second-order valence-electron chi connectivity index (χ2n) is 3.53. The van der Waals surface area contributed by atoms with Gasteiger partial charge in [0.1, 0.15) is 12.5 Å². The van der Waals surface area contributed by atoms with Crippen LogP contribution >= 0.6 is 0 Å². The number of rotatable bonds is 4. The molecule has 1 aliphatic rings. The van der Waals surface area contributed by atoms with E-state index >= 15 is 0 Å². The highest BCUT2D eigenvalue weighted by Gasteiger charge is 2.29. The maximum Gasteiger partial charge on any atom is 0.304 e. The minimum Gasteiger partial charge on any atom is -0.481 e. The van der Waals surface area contributed by atoms with E-state index in [0.717, 1.165) is 5.56 Å². The molecule has 4 nitrogen and oxygen atoms in total. The van der Waals surface area contributed by atoms with Crippen LogP contribution in [-0.4, -0.2) is 17.4 Å². The van der Waals surface area contributed by atoms with Crippen molar-refractivity contribution in [3.05, 3.63) is 48.4 Å². The first kappa shape index (κ1) is 10.5. The van der Waals surface area contributed by atoms with Gasteiger partial charge in [0.05, 0.1) is 12.3 Å². The Bertz CT molecular complexity index is 377. The topological polar surface area (TPSA) is 55.8 Å². The Balaban J connectivity index is 2.17. The molecule has 1 aliphatic heterocycles. The van der Waals surface area contributed by atoms with Crippen molar-refractivity contribution >= 4 is 5.97 Å². The summed E-state index contributed by atoms with van der Waals surface area (Å²) >= 11 is 0. The Labute approximate surface area is 93.1 Å². The Morgan fingerprint density at radius 3 is 2.44 bits per heavy atom. The van der Waals surface area contributed by atoms with Gasteiger partial charge in [0.25, 0.3) is 0 Å². The van der Waals surface area contributed by atoms with E-state index in [1.54, 1.807) is 0 Å². The Morgan fingerprint density at radius 1 is 1.25 bits per heavy atom. The SMILES string of the molecule is O=C(O)CC(c1ccccc1)C1OC=CO1. The van der Waals surface area contributed by atoms with E-state index in [4.69, 9.17) is 14.6 Å². The lowest BCUT2D eigenvalue weighted by molar-refractivity contribution is -0.140. The van der Waals surface area contributed by atoms with Gasteiger partial charge in [-0.1, -0.05) is 30.3 Å². The first-order valence-corrected chi connectivity index (χ1v) is 5.00. The van der Waals surface area contributed by atoms with Crippen molar-refractivity contribution in [1.82, 2.24) is 0 Å². The van der Waals surface area contributed by atoms with Crippen LogP contribution in [0.1, 0.15) is 17.9 Å². The lowest BCUT2D eigenvalue weighted by atomic mass is 9.95. The summed E-state index contributed by atoms with van der Waals surface area (Å²) in [5.74, 6) is -1.17. The van der Waals surface area contributed by atoms with E-state index in [1.165, 1.54) is 12.5 Å². The van der Waals surface area contributed by atoms with Gasteiger partial charge in [-0.15, -0.1) is 0 Å². The molecule has 0 spiro atoms. The molecule has 2 rings (SSSR count). The minimum absolute atomic E-state index is 0.0175. The number of benzene rings is 1. The number of hydrogen-bond donors (Lipinski definition) is 1. The molecule has 0 fully saturated rings. The molecule has 84 valence electrons. The molecule has 0 radical (unpaired) electrons. The van der Waals surface area contributed by atoms with Crippen LogP contribution in [-0.2, 0) is 14.3 Å². The third-order valence-electron chi connectivity index (χ3n) is 2.43. The highest BCUT2D eigenvalue weighted by atomic mass is 16.7. The van der Waals surface area contributed by atoms with Crippen molar-refractivity contribution in [3.63, 3.8) is 0 Å².